The van der Waals surface area contributed by atoms with Gasteiger partial charge in [-0.05, 0) is 37.7 Å². The van der Waals surface area contributed by atoms with Gasteiger partial charge in [0.05, 0.1) is 6.54 Å². The van der Waals surface area contributed by atoms with Crippen molar-refractivity contribution in [2.75, 3.05) is 53.1 Å². The summed E-state index contributed by atoms with van der Waals surface area (Å²) < 4.78 is 10.8. The number of benzene rings is 1. The minimum absolute atomic E-state index is 0.251. The van der Waals surface area contributed by atoms with E-state index >= 15 is 0 Å². The largest absolute Gasteiger partial charge is 0.454 e. The summed E-state index contributed by atoms with van der Waals surface area (Å²) in [6, 6.07) is 6.12. The molecule has 2 aliphatic heterocycles. The Morgan fingerprint density at radius 1 is 1.16 bits per heavy atom. The van der Waals surface area contributed by atoms with Crippen LogP contribution in [-0.2, 0) is 11.3 Å². The molecule has 1 aromatic rings. The van der Waals surface area contributed by atoms with Crippen molar-refractivity contribution in [3.63, 3.8) is 0 Å². The smallest absolute Gasteiger partial charge is 0.236 e. The Labute approximate surface area is 150 Å². The minimum Gasteiger partial charge on any atom is -0.454 e. The second-order valence-corrected chi connectivity index (χ2v) is 6.94. The monoisotopic (exact) mass is 347 g/mol. The zero-order valence-electron chi connectivity index (χ0n) is 15.4. The highest BCUT2D eigenvalue weighted by atomic mass is 16.7. The number of unbranched alkanes of at least 4 members (excludes halogenated alkanes) is 1. The fourth-order valence-corrected chi connectivity index (χ4v) is 3.29. The summed E-state index contributed by atoms with van der Waals surface area (Å²) in [4.78, 5) is 18.9. The molecule has 0 radical (unpaired) electrons. The Hall–Kier alpha value is -1.79. The number of nitrogens with zero attached hydrogens (tertiary/aromatic N) is 3. The summed E-state index contributed by atoms with van der Waals surface area (Å²) in [6.45, 7) is 8.35. The molecule has 0 atom stereocenters. The maximum absolute atomic E-state index is 12.4. The number of piperazine rings is 1. The molecular formula is C19H29N3O3. The van der Waals surface area contributed by atoms with Crippen molar-refractivity contribution >= 4 is 5.91 Å². The highest BCUT2D eigenvalue weighted by Crippen LogP contribution is 2.32. The van der Waals surface area contributed by atoms with E-state index in [4.69, 9.17) is 9.47 Å². The number of carbonyl (C=O) groups is 1. The number of fused-ring (bicyclic) bond motifs is 1. The molecule has 1 saturated heterocycles. The SMILES string of the molecule is CCCCN(C)CC(=O)N1CCN(Cc2ccc3c(c2)OCO3)CC1. The second-order valence-electron chi connectivity index (χ2n) is 6.94. The van der Waals surface area contributed by atoms with Gasteiger partial charge in [-0.1, -0.05) is 19.4 Å². The molecule has 1 fully saturated rings. The van der Waals surface area contributed by atoms with Gasteiger partial charge in [0, 0.05) is 32.7 Å². The van der Waals surface area contributed by atoms with E-state index in [-0.39, 0.29) is 5.91 Å². The van der Waals surface area contributed by atoms with Crippen molar-refractivity contribution in [1.82, 2.24) is 14.7 Å². The minimum atomic E-state index is 0.251. The highest BCUT2D eigenvalue weighted by Gasteiger charge is 2.22. The van der Waals surface area contributed by atoms with Gasteiger partial charge in [-0.25, -0.2) is 0 Å². The highest BCUT2D eigenvalue weighted by molar-refractivity contribution is 5.78. The first-order valence-corrected chi connectivity index (χ1v) is 9.23. The summed E-state index contributed by atoms with van der Waals surface area (Å²) >= 11 is 0. The van der Waals surface area contributed by atoms with E-state index in [1.807, 2.05) is 18.0 Å². The number of carbonyl (C=O) groups excluding carboxylic acids is 1. The lowest BCUT2D eigenvalue weighted by Gasteiger charge is -2.35. The third-order valence-corrected chi connectivity index (χ3v) is 4.87. The molecule has 0 spiro atoms. The average molecular weight is 347 g/mol. The molecule has 1 aromatic carbocycles. The number of amides is 1. The van der Waals surface area contributed by atoms with Gasteiger partial charge < -0.3 is 14.4 Å². The van der Waals surface area contributed by atoms with E-state index in [1.54, 1.807) is 0 Å². The van der Waals surface area contributed by atoms with E-state index in [1.165, 1.54) is 5.56 Å². The van der Waals surface area contributed by atoms with Crippen LogP contribution in [0.15, 0.2) is 18.2 Å². The molecule has 0 aromatic heterocycles. The van der Waals surface area contributed by atoms with Gasteiger partial charge >= 0.3 is 0 Å². The molecule has 138 valence electrons. The normalized spacial score (nSPS) is 17.3. The summed E-state index contributed by atoms with van der Waals surface area (Å²) in [5, 5.41) is 0. The quantitative estimate of drug-likeness (QED) is 0.752. The molecular weight excluding hydrogens is 318 g/mol. The topological polar surface area (TPSA) is 45.3 Å². The van der Waals surface area contributed by atoms with Crippen molar-refractivity contribution in [3.8, 4) is 11.5 Å². The van der Waals surface area contributed by atoms with Crippen LogP contribution in [-0.4, -0.2) is 73.7 Å². The van der Waals surface area contributed by atoms with E-state index in [2.05, 4.69) is 28.9 Å². The Morgan fingerprint density at radius 3 is 2.68 bits per heavy atom. The van der Waals surface area contributed by atoms with Crippen LogP contribution in [0.1, 0.15) is 25.3 Å². The van der Waals surface area contributed by atoms with Gasteiger partial charge in [0.25, 0.3) is 0 Å². The molecule has 25 heavy (non-hydrogen) atoms. The predicted molar refractivity (Wildman–Crippen MR) is 96.8 cm³/mol. The molecule has 0 saturated carbocycles. The maximum Gasteiger partial charge on any atom is 0.236 e. The lowest BCUT2D eigenvalue weighted by atomic mass is 10.1. The Balaban J connectivity index is 1.43. The van der Waals surface area contributed by atoms with Crippen LogP contribution in [0.5, 0.6) is 11.5 Å². The molecule has 3 rings (SSSR count). The fourth-order valence-electron chi connectivity index (χ4n) is 3.29. The van der Waals surface area contributed by atoms with Crippen molar-refractivity contribution in [3.05, 3.63) is 23.8 Å². The van der Waals surface area contributed by atoms with Gasteiger partial charge in [0.2, 0.25) is 12.7 Å². The van der Waals surface area contributed by atoms with Crippen molar-refractivity contribution in [1.29, 1.82) is 0 Å². The molecule has 2 aliphatic rings. The maximum atomic E-state index is 12.4. The third kappa shape index (κ3) is 4.86. The van der Waals surface area contributed by atoms with Crippen LogP contribution in [0.2, 0.25) is 0 Å². The van der Waals surface area contributed by atoms with E-state index in [9.17, 15) is 4.79 Å². The van der Waals surface area contributed by atoms with Crippen LogP contribution < -0.4 is 9.47 Å². The Bertz CT molecular complexity index is 585. The molecule has 1 amide bonds. The number of likely N-dealkylation sites (N-methyl/N-ethyl adjacent to an activating group) is 1. The van der Waals surface area contributed by atoms with Crippen molar-refractivity contribution < 1.29 is 14.3 Å². The number of hydrogen-bond acceptors (Lipinski definition) is 5. The van der Waals surface area contributed by atoms with Crippen molar-refractivity contribution in [2.24, 2.45) is 0 Å². The Morgan fingerprint density at radius 2 is 1.92 bits per heavy atom. The molecule has 0 aliphatic carbocycles. The van der Waals surface area contributed by atoms with Crippen LogP contribution >= 0.6 is 0 Å². The van der Waals surface area contributed by atoms with Gasteiger partial charge in [0.15, 0.2) is 11.5 Å². The lowest BCUT2D eigenvalue weighted by molar-refractivity contribution is -0.133. The number of hydrogen-bond donors (Lipinski definition) is 0. The van der Waals surface area contributed by atoms with E-state index in [0.717, 1.165) is 63.6 Å². The first-order valence-electron chi connectivity index (χ1n) is 9.23. The first kappa shape index (κ1) is 18.0. The number of rotatable bonds is 7. The lowest BCUT2D eigenvalue weighted by Crippen LogP contribution is -2.50. The fraction of sp³-hybridized carbons (Fsp3) is 0.632. The molecule has 0 N–H and O–H groups in total. The van der Waals surface area contributed by atoms with Gasteiger partial charge in [-0.2, -0.15) is 0 Å². The van der Waals surface area contributed by atoms with Crippen LogP contribution in [0.3, 0.4) is 0 Å². The number of ether oxygens (including phenoxy) is 2. The van der Waals surface area contributed by atoms with Crippen LogP contribution in [0.4, 0.5) is 0 Å². The zero-order valence-corrected chi connectivity index (χ0v) is 15.4. The van der Waals surface area contributed by atoms with E-state index < -0.39 is 0 Å². The van der Waals surface area contributed by atoms with Gasteiger partial charge in [0.1, 0.15) is 0 Å². The summed E-state index contributed by atoms with van der Waals surface area (Å²) in [5.41, 5.74) is 1.23. The summed E-state index contributed by atoms with van der Waals surface area (Å²) in [7, 11) is 2.03. The van der Waals surface area contributed by atoms with Crippen LogP contribution in [0.25, 0.3) is 0 Å². The predicted octanol–water partition coefficient (Wildman–Crippen LogP) is 1.79. The summed E-state index contributed by atoms with van der Waals surface area (Å²) in [5.74, 6) is 1.91. The van der Waals surface area contributed by atoms with E-state index in [0.29, 0.717) is 13.3 Å². The average Bonchev–Trinajstić information content (AvgIpc) is 3.08. The first-order chi connectivity index (χ1) is 12.2. The van der Waals surface area contributed by atoms with Gasteiger partial charge in [-0.15, -0.1) is 0 Å². The zero-order chi connectivity index (χ0) is 17.6. The third-order valence-electron chi connectivity index (χ3n) is 4.87. The van der Waals surface area contributed by atoms with Gasteiger partial charge in [-0.3, -0.25) is 14.6 Å². The summed E-state index contributed by atoms with van der Waals surface area (Å²) in [6.07, 6.45) is 2.31. The molecule has 6 nitrogen and oxygen atoms in total. The Kier molecular flexibility index (Phi) is 6.15. The molecule has 2 heterocycles. The standard InChI is InChI=1S/C19H29N3O3/c1-3-4-7-20(2)14-19(23)22-10-8-21(9-11-22)13-16-5-6-17-18(12-16)25-15-24-17/h5-6,12H,3-4,7-11,13-15H2,1-2H3. The molecule has 0 bridgehead atoms. The van der Waals surface area contributed by atoms with Crippen LogP contribution in [0, 0.1) is 0 Å². The second kappa shape index (κ2) is 8.54. The molecule has 0 unspecified atom stereocenters. The van der Waals surface area contributed by atoms with Crippen molar-refractivity contribution in [2.45, 2.75) is 26.3 Å². The molecule has 6 heteroatoms.